The molecule has 0 radical (unpaired) electrons. The summed E-state index contributed by atoms with van der Waals surface area (Å²) < 4.78 is 20.0. The van der Waals surface area contributed by atoms with Crippen LogP contribution in [-0.4, -0.2) is 21.1 Å². The molecular formula is C24H26N2O4S. The lowest BCUT2D eigenvalue weighted by atomic mass is 9.92. The first-order valence-corrected chi connectivity index (χ1v) is 12.3. The van der Waals surface area contributed by atoms with E-state index in [0.29, 0.717) is 5.56 Å². The van der Waals surface area contributed by atoms with E-state index in [4.69, 9.17) is 0 Å². The van der Waals surface area contributed by atoms with Crippen molar-refractivity contribution in [2.45, 2.75) is 69.3 Å². The highest BCUT2D eigenvalue weighted by atomic mass is 32.2. The summed E-state index contributed by atoms with van der Waals surface area (Å²) in [7, 11) is -3.43. The van der Waals surface area contributed by atoms with Crippen LogP contribution in [0.15, 0.2) is 33.5 Å². The van der Waals surface area contributed by atoms with Gasteiger partial charge >= 0.3 is 0 Å². The molecule has 2 aromatic carbocycles. The molecule has 0 spiro atoms. The number of aryl methyl sites for hydroxylation is 2. The molecule has 2 aliphatic carbocycles. The Morgan fingerprint density at radius 1 is 1.10 bits per heavy atom. The van der Waals surface area contributed by atoms with E-state index in [1.165, 1.54) is 34.4 Å². The second-order valence-electron chi connectivity index (χ2n) is 9.23. The molecule has 1 atom stereocenters. The Bertz CT molecular complexity index is 1230. The first-order chi connectivity index (χ1) is 14.7. The Balaban J connectivity index is 1.54. The first kappa shape index (κ1) is 20.4. The Morgan fingerprint density at radius 3 is 2.35 bits per heavy atom. The predicted molar refractivity (Wildman–Crippen MR) is 117 cm³/mol. The highest BCUT2D eigenvalue weighted by Crippen LogP contribution is 2.36. The van der Waals surface area contributed by atoms with Crippen molar-refractivity contribution < 1.29 is 18.9 Å². The van der Waals surface area contributed by atoms with E-state index >= 15 is 0 Å². The molecule has 3 aliphatic rings. The Hall–Kier alpha value is -2.51. The number of carbonyl (C=O) groups excluding carboxylic acids is 2. The normalized spacial score (nSPS) is 21.5. The third-order valence-electron chi connectivity index (χ3n) is 6.62. The molecular weight excluding hydrogens is 412 g/mol. The van der Waals surface area contributed by atoms with Gasteiger partial charge < -0.3 is 5.11 Å². The molecule has 0 bridgehead atoms. The van der Waals surface area contributed by atoms with Crippen LogP contribution in [0.1, 0.15) is 70.4 Å². The highest BCUT2D eigenvalue weighted by Gasteiger charge is 2.34. The van der Waals surface area contributed by atoms with Crippen molar-refractivity contribution in [3.05, 3.63) is 63.2 Å². The smallest absolute Gasteiger partial charge is 0.265 e. The molecule has 6 nitrogen and oxygen atoms in total. The fourth-order valence-electron chi connectivity index (χ4n) is 5.10. The van der Waals surface area contributed by atoms with Crippen molar-refractivity contribution >= 4 is 21.7 Å². The summed E-state index contributed by atoms with van der Waals surface area (Å²) in [6, 6.07) is 6.98. The van der Waals surface area contributed by atoms with Crippen molar-refractivity contribution in [2.24, 2.45) is 4.36 Å². The van der Waals surface area contributed by atoms with Gasteiger partial charge in [0.05, 0.1) is 22.5 Å². The maximum Gasteiger partial charge on any atom is 0.265 e. The maximum atomic E-state index is 13.6. The van der Waals surface area contributed by atoms with Crippen LogP contribution < -0.4 is 4.72 Å². The van der Waals surface area contributed by atoms with Crippen molar-refractivity contribution in [2.75, 3.05) is 0 Å². The summed E-state index contributed by atoms with van der Waals surface area (Å²) in [5.74, 6) is -0.999. The van der Waals surface area contributed by atoms with E-state index in [9.17, 15) is 18.9 Å². The molecule has 2 N–H and O–H groups in total. The second kappa shape index (κ2) is 7.00. The molecule has 1 unspecified atom stereocenters. The van der Waals surface area contributed by atoms with Crippen LogP contribution in [0, 0.1) is 0 Å². The molecule has 0 saturated carbocycles. The van der Waals surface area contributed by atoms with E-state index in [2.05, 4.69) is 15.2 Å². The lowest BCUT2D eigenvalue weighted by Crippen LogP contribution is -2.23. The zero-order chi connectivity index (χ0) is 22.0. The second-order valence-corrected chi connectivity index (χ2v) is 11.1. The quantitative estimate of drug-likeness (QED) is 0.770. The molecule has 0 saturated heterocycles. The Labute approximate surface area is 182 Å². The number of hydrogen-bond donors (Lipinski definition) is 2. The zero-order valence-corrected chi connectivity index (χ0v) is 18.6. The van der Waals surface area contributed by atoms with Gasteiger partial charge in [-0.05, 0) is 97.9 Å². The molecule has 2 amide bonds. The van der Waals surface area contributed by atoms with Gasteiger partial charge in [0, 0.05) is 0 Å². The van der Waals surface area contributed by atoms with Gasteiger partial charge in [0.25, 0.3) is 11.8 Å². The van der Waals surface area contributed by atoms with Gasteiger partial charge in [-0.1, -0.05) is 12.1 Å². The van der Waals surface area contributed by atoms with E-state index in [-0.39, 0.29) is 16.9 Å². The number of nitrogens with zero attached hydrogens (tertiary/aromatic N) is 1. The molecule has 2 aromatic rings. The minimum atomic E-state index is -3.43. The molecule has 0 fully saturated rings. The maximum absolute atomic E-state index is 13.6. The van der Waals surface area contributed by atoms with Gasteiger partial charge in [0.2, 0.25) is 0 Å². The number of rotatable bonds is 3. The van der Waals surface area contributed by atoms with Crippen LogP contribution in [0.5, 0.6) is 0 Å². The monoisotopic (exact) mass is 438 g/mol. The molecule has 162 valence electrons. The average Bonchev–Trinajstić information content (AvgIpc) is 3.39. The summed E-state index contributed by atoms with van der Waals surface area (Å²) >= 11 is 0. The molecule has 0 aromatic heterocycles. The van der Waals surface area contributed by atoms with Gasteiger partial charge in [-0.25, -0.2) is 4.21 Å². The molecule has 5 rings (SSSR count). The van der Waals surface area contributed by atoms with Crippen LogP contribution in [0.4, 0.5) is 0 Å². The molecule has 31 heavy (non-hydrogen) atoms. The predicted octanol–water partition coefficient (Wildman–Crippen LogP) is 3.15. The van der Waals surface area contributed by atoms with Gasteiger partial charge in [0.1, 0.15) is 0 Å². The van der Waals surface area contributed by atoms with Crippen LogP contribution in [0.25, 0.3) is 0 Å². The summed E-state index contributed by atoms with van der Waals surface area (Å²) in [4.78, 5) is 25.6. The Kier molecular flexibility index (Phi) is 4.61. The molecule has 1 aliphatic heterocycles. The SMILES string of the molecule is CC(C)(O)c1ccc2c(c1)S(=O)(=NC(=O)Cc1c3c(cc4c1CCC4)CCC3)NC2=O. The number of aliphatic hydroxyl groups is 1. The average molecular weight is 439 g/mol. The number of benzene rings is 2. The van der Waals surface area contributed by atoms with Gasteiger partial charge in [-0.3, -0.25) is 14.3 Å². The number of carbonyl (C=O) groups is 2. The lowest BCUT2D eigenvalue weighted by molar-refractivity contribution is -0.117. The van der Waals surface area contributed by atoms with E-state index in [0.717, 1.165) is 44.1 Å². The van der Waals surface area contributed by atoms with Crippen LogP contribution >= 0.6 is 0 Å². The van der Waals surface area contributed by atoms with Gasteiger partial charge in [-0.15, -0.1) is 4.36 Å². The molecule has 7 heteroatoms. The highest BCUT2D eigenvalue weighted by molar-refractivity contribution is 7.93. The summed E-state index contributed by atoms with van der Waals surface area (Å²) in [5, 5.41) is 10.3. The van der Waals surface area contributed by atoms with E-state index in [1.54, 1.807) is 19.9 Å². The Morgan fingerprint density at radius 2 is 1.74 bits per heavy atom. The summed E-state index contributed by atoms with van der Waals surface area (Å²) in [6.07, 6.45) is 6.32. The third-order valence-corrected chi connectivity index (χ3v) is 8.47. The van der Waals surface area contributed by atoms with Gasteiger partial charge in [0.15, 0.2) is 9.92 Å². The standard InChI is InChI=1S/C24H26N2O4S/c1-24(2,29)16-9-10-19-21(12-16)31(30,26-23(19)28)25-22(27)13-20-17-7-3-5-14(17)11-15-6-4-8-18(15)20/h9-12,29H,3-8,13H2,1-2H3,(H,25,26,27,28,30). The fourth-order valence-corrected chi connectivity index (χ4v) is 6.81. The largest absolute Gasteiger partial charge is 0.386 e. The van der Waals surface area contributed by atoms with E-state index < -0.39 is 27.3 Å². The summed E-state index contributed by atoms with van der Waals surface area (Å²) in [5.41, 5.74) is 5.83. The first-order valence-electron chi connectivity index (χ1n) is 10.8. The van der Waals surface area contributed by atoms with Crippen molar-refractivity contribution in [3.8, 4) is 0 Å². The van der Waals surface area contributed by atoms with Crippen LogP contribution in [0.2, 0.25) is 0 Å². The number of amides is 2. The minimum Gasteiger partial charge on any atom is -0.386 e. The van der Waals surface area contributed by atoms with Gasteiger partial charge in [-0.2, -0.15) is 0 Å². The molecule has 1 heterocycles. The topological polar surface area (TPSA) is 95.8 Å². The lowest BCUT2D eigenvalue weighted by Gasteiger charge is -2.18. The van der Waals surface area contributed by atoms with Crippen molar-refractivity contribution in [1.82, 2.24) is 4.72 Å². The third kappa shape index (κ3) is 3.40. The van der Waals surface area contributed by atoms with Crippen molar-refractivity contribution in [1.29, 1.82) is 0 Å². The van der Waals surface area contributed by atoms with Crippen molar-refractivity contribution in [3.63, 3.8) is 0 Å². The zero-order valence-electron chi connectivity index (χ0n) is 17.8. The number of nitrogens with one attached hydrogen (secondary N) is 1. The van der Waals surface area contributed by atoms with Crippen LogP contribution in [-0.2, 0) is 52.4 Å². The fraction of sp³-hybridized carbons (Fsp3) is 0.417. The minimum absolute atomic E-state index is 0.110. The van der Waals surface area contributed by atoms with Crippen LogP contribution in [0.3, 0.4) is 0 Å². The van der Waals surface area contributed by atoms with E-state index in [1.807, 2.05) is 0 Å². The number of hydrogen-bond acceptors (Lipinski definition) is 4. The number of fused-ring (bicyclic) bond motifs is 3. The summed E-state index contributed by atoms with van der Waals surface area (Å²) in [6.45, 7) is 3.22.